The van der Waals surface area contributed by atoms with Crippen molar-refractivity contribution in [1.29, 1.82) is 0 Å². The van der Waals surface area contributed by atoms with Crippen molar-refractivity contribution in [1.82, 2.24) is 19.8 Å². The van der Waals surface area contributed by atoms with Gasteiger partial charge in [0.25, 0.3) is 0 Å². The Morgan fingerprint density at radius 1 is 1.18 bits per heavy atom. The summed E-state index contributed by atoms with van der Waals surface area (Å²) in [7, 11) is 0. The quantitative estimate of drug-likeness (QED) is 0.425. The van der Waals surface area contributed by atoms with Crippen LogP contribution in [0.2, 0.25) is 0 Å². The number of aromatic nitrogens is 2. The fourth-order valence-electron chi connectivity index (χ4n) is 5.52. The summed E-state index contributed by atoms with van der Waals surface area (Å²) < 4.78 is 51.6. The van der Waals surface area contributed by atoms with E-state index in [9.17, 15) is 28.1 Å². The number of hydrogen-bond donors (Lipinski definition) is 1. The molecule has 4 heterocycles. The highest BCUT2D eigenvalue weighted by molar-refractivity contribution is 5.67. The van der Waals surface area contributed by atoms with E-state index in [1.807, 2.05) is 11.8 Å². The second-order valence-electron chi connectivity index (χ2n) is 10.6. The molecule has 2 saturated heterocycles. The van der Waals surface area contributed by atoms with Crippen molar-refractivity contribution in [3.05, 3.63) is 46.1 Å². The number of imidazole rings is 1. The average molecular weight is 553 g/mol. The molecule has 3 aliphatic heterocycles. The SMILES string of the molecule is CC1(CN2CCC(NC(=O)OC3CCN(c4ccc(C(F)(F)F)cc4)CC3)CC2)Cn2cc([N+](=O)[O-])nc2O1. The molecule has 1 aromatic heterocycles. The number of fused-ring (bicyclic) bond motifs is 1. The van der Waals surface area contributed by atoms with Gasteiger partial charge < -0.3 is 29.8 Å². The lowest BCUT2D eigenvalue weighted by atomic mass is 10.0. The van der Waals surface area contributed by atoms with Crippen LogP contribution < -0.4 is 15.0 Å². The number of nitrogens with one attached hydrogen (secondary N) is 1. The van der Waals surface area contributed by atoms with Crippen molar-refractivity contribution in [2.24, 2.45) is 0 Å². The van der Waals surface area contributed by atoms with Crippen LogP contribution in [0.4, 0.5) is 29.5 Å². The number of carbonyl (C=O) groups excluding carboxylic acids is 1. The smallest absolute Gasteiger partial charge is 0.416 e. The predicted octanol–water partition coefficient (Wildman–Crippen LogP) is 3.82. The number of alkyl halides is 3. The Kier molecular flexibility index (Phi) is 7.31. The molecular weight excluding hydrogens is 521 g/mol. The van der Waals surface area contributed by atoms with Crippen LogP contribution in [0, 0.1) is 10.1 Å². The molecule has 1 N–H and O–H groups in total. The van der Waals surface area contributed by atoms with Gasteiger partial charge in [0.1, 0.15) is 17.9 Å². The highest BCUT2D eigenvalue weighted by Gasteiger charge is 2.42. The highest BCUT2D eigenvalue weighted by Crippen LogP contribution is 2.33. The lowest BCUT2D eigenvalue weighted by Gasteiger charge is -2.37. The molecule has 1 amide bonds. The van der Waals surface area contributed by atoms with Gasteiger partial charge in [0, 0.05) is 62.3 Å². The molecule has 2 fully saturated rings. The zero-order chi connectivity index (χ0) is 27.8. The highest BCUT2D eigenvalue weighted by atomic mass is 19.4. The number of amides is 1. The third-order valence-electron chi connectivity index (χ3n) is 7.50. The Morgan fingerprint density at radius 2 is 1.85 bits per heavy atom. The van der Waals surface area contributed by atoms with Gasteiger partial charge in [-0.25, -0.2) is 4.79 Å². The number of halogens is 3. The van der Waals surface area contributed by atoms with E-state index in [1.54, 1.807) is 4.57 Å². The van der Waals surface area contributed by atoms with Crippen molar-refractivity contribution in [2.45, 2.75) is 63.1 Å². The number of hydrogen-bond acceptors (Lipinski definition) is 8. The summed E-state index contributed by atoms with van der Waals surface area (Å²) in [4.78, 5) is 31.0. The summed E-state index contributed by atoms with van der Waals surface area (Å²) in [6.45, 7) is 5.78. The van der Waals surface area contributed by atoms with Crippen LogP contribution in [-0.2, 0) is 17.5 Å². The van der Waals surface area contributed by atoms with Crippen LogP contribution in [0.3, 0.4) is 0 Å². The largest absolute Gasteiger partial charge is 0.446 e. The van der Waals surface area contributed by atoms with Crippen molar-refractivity contribution in [3.63, 3.8) is 0 Å². The van der Waals surface area contributed by atoms with Gasteiger partial charge in [0.15, 0.2) is 0 Å². The molecule has 3 aliphatic rings. The van der Waals surface area contributed by atoms with Crippen molar-refractivity contribution in [3.8, 4) is 6.01 Å². The molecule has 39 heavy (non-hydrogen) atoms. The number of carbonyl (C=O) groups is 1. The second-order valence-corrected chi connectivity index (χ2v) is 10.6. The Labute approximate surface area is 223 Å². The number of likely N-dealkylation sites (tertiary alicyclic amines) is 1. The molecule has 5 rings (SSSR count). The number of anilines is 1. The Hall–Kier alpha value is -3.55. The van der Waals surface area contributed by atoms with Crippen LogP contribution in [0.5, 0.6) is 6.01 Å². The number of ether oxygens (including phenoxy) is 2. The molecule has 0 spiro atoms. The lowest BCUT2D eigenvalue weighted by molar-refractivity contribution is -0.389. The van der Waals surface area contributed by atoms with E-state index in [0.717, 1.165) is 43.8 Å². The zero-order valence-corrected chi connectivity index (χ0v) is 21.5. The molecule has 11 nitrogen and oxygen atoms in total. The first-order chi connectivity index (χ1) is 18.5. The summed E-state index contributed by atoms with van der Waals surface area (Å²) in [6, 6.07) is 5.37. The van der Waals surface area contributed by atoms with E-state index < -0.39 is 28.4 Å². The van der Waals surface area contributed by atoms with Gasteiger partial charge in [0.05, 0.1) is 12.1 Å². The van der Waals surface area contributed by atoms with Gasteiger partial charge in [-0.1, -0.05) is 0 Å². The Bertz CT molecular complexity index is 1160. The first kappa shape index (κ1) is 27.0. The maximum Gasteiger partial charge on any atom is 0.416 e. The molecule has 1 atom stereocenters. The summed E-state index contributed by atoms with van der Waals surface area (Å²) in [5.74, 6) is -0.226. The summed E-state index contributed by atoms with van der Waals surface area (Å²) in [5, 5.41) is 13.9. The van der Waals surface area contributed by atoms with Crippen LogP contribution in [0.1, 0.15) is 38.2 Å². The number of nitrogens with zero attached hydrogens (tertiary/aromatic N) is 5. The van der Waals surface area contributed by atoms with Crippen LogP contribution in [-0.4, -0.2) is 75.9 Å². The first-order valence-corrected chi connectivity index (χ1v) is 13.0. The molecular formula is C25H31F3N6O5. The number of alkyl carbamates (subject to hydrolysis) is 1. The van der Waals surface area contributed by atoms with Crippen LogP contribution in [0.25, 0.3) is 0 Å². The molecule has 2 aromatic rings. The maximum atomic E-state index is 12.8. The minimum atomic E-state index is -4.36. The van der Waals surface area contributed by atoms with Gasteiger partial charge in [0.2, 0.25) is 0 Å². The molecule has 14 heteroatoms. The van der Waals surface area contributed by atoms with E-state index in [4.69, 9.17) is 9.47 Å². The topological polar surface area (TPSA) is 115 Å². The van der Waals surface area contributed by atoms with E-state index >= 15 is 0 Å². The first-order valence-electron chi connectivity index (χ1n) is 13.0. The third kappa shape index (κ3) is 6.37. The number of rotatable bonds is 6. The van der Waals surface area contributed by atoms with E-state index in [2.05, 4.69) is 15.2 Å². The van der Waals surface area contributed by atoms with Crippen molar-refractivity contribution in [2.75, 3.05) is 37.6 Å². The predicted molar refractivity (Wildman–Crippen MR) is 134 cm³/mol. The number of piperidine rings is 2. The fourth-order valence-corrected chi connectivity index (χ4v) is 5.52. The van der Waals surface area contributed by atoms with Gasteiger partial charge in [-0.05, 0) is 49.0 Å². The fraction of sp³-hybridized carbons (Fsp3) is 0.600. The summed E-state index contributed by atoms with van der Waals surface area (Å²) in [5.41, 5.74) is -0.485. The van der Waals surface area contributed by atoms with Gasteiger partial charge >= 0.3 is 24.1 Å². The van der Waals surface area contributed by atoms with E-state index in [0.29, 0.717) is 39.0 Å². The average Bonchev–Trinajstić information content (AvgIpc) is 3.40. The van der Waals surface area contributed by atoms with Crippen LogP contribution in [0.15, 0.2) is 30.5 Å². The second kappa shape index (κ2) is 10.5. The Balaban J connectivity index is 1.01. The van der Waals surface area contributed by atoms with Crippen molar-refractivity contribution >= 4 is 17.6 Å². The zero-order valence-electron chi connectivity index (χ0n) is 21.5. The molecule has 0 aliphatic carbocycles. The molecule has 1 aromatic carbocycles. The molecule has 0 radical (unpaired) electrons. The summed E-state index contributed by atoms with van der Waals surface area (Å²) in [6.07, 6.45) is -0.929. The number of benzene rings is 1. The maximum absolute atomic E-state index is 12.8. The molecule has 0 saturated carbocycles. The molecule has 0 bridgehead atoms. The summed E-state index contributed by atoms with van der Waals surface area (Å²) >= 11 is 0. The third-order valence-corrected chi connectivity index (χ3v) is 7.50. The lowest BCUT2D eigenvalue weighted by Crippen LogP contribution is -2.51. The van der Waals surface area contributed by atoms with E-state index in [-0.39, 0.29) is 24.0 Å². The minimum absolute atomic E-state index is 0.00335. The van der Waals surface area contributed by atoms with Crippen LogP contribution >= 0.6 is 0 Å². The standard InChI is InChI=1S/C25H31F3N6O5/c1-24(16-33-14-21(34(36)37)30-22(33)39-24)15-31-10-6-18(7-11-31)29-23(35)38-20-8-12-32(13-9-20)19-4-2-17(3-5-19)25(26,27)28/h2-5,14,18,20H,6-13,15-16H2,1H3,(H,29,35). The normalized spacial score (nSPS) is 22.8. The monoisotopic (exact) mass is 552 g/mol. The van der Waals surface area contributed by atoms with E-state index in [1.165, 1.54) is 18.3 Å². The van der Waals surface area contributed by atoms with Gasteiger partial charge in [-0.3, -0.25) is 9.47 Å². The molecule has 1 unspecified atom stereocenters. The minimum Gasteiger partial charge on any atom is -0.446 e. The van der Waals surface area contributed by atoms with Gasteiger partial charge in [-0.15, -0.1) is 0 Å². The van der Waals surface area contributed by atoms with Crippen molar-refractivity contribution < 1.29 is 32.4 Å². The Morgan fingerprint density at radius 3 is 2.44 bits per heavy atom. The molecule has 212 valence electrons. The van der Waals surface area contributed by atoms with Gasteiger partial charge in [-0.2, -0.15) is 13.2 Å². The number of nitro groups is 1.